The van der Waals surface area contributed by atoms with Crippen LogP contribution in [-0.2, 0) is 16.2 Å². The number of nitrogens with zero attached hydrogens (tertiary/aromatic N) is 2. The molecule has 1 saturated heterocycles. The molecule has 12 heteroatoms. The number of rotatable bonds is 6. The summed E-state index contributed by atoms with van der Waals surface area (Å²) in [5.41, 5.74) is 2.14. The van der Waals surface area contributed by atoms with Gasteiger partial charge in [-0.25, -0.2) is 0 Å². The maximum absolute atomic E-state index is 14.0. The molecule has 222 valence electrons. The van der Waals surface area contributed by atoms with Crippen LogP contribution in [0.5, 0.6) is 5.75 Å². The Kier molecular flexibility index (Phi) is 6.48. The third kappa shape index (κ3) is 4.17. The van der Waals surface area contributed by atoms with Crippen molar-refractivity contribution in [3.8, 4) is 5.75 Å². The molecule has 2 aliphatic carbocycles. The molecule has 44 heavy (non-hydrogen) atoms. The van der Waals surface area contributed by atoms with E-state index in [1.54, 1.807) is 11.8 Å². The first-order valence-electron chi connectivity index (χ1n) is 14.3. The third-order valence-corrected chi connectivity index (χ3v) is 12.4. The van der Waals surface area contributed by atoms with Gasteiger partial charge in [-0.3, -0.25) is 29.4 Å². The van der Waals surface area contributed by atoms with Crippen molar-refractivity contribution in [2.75, 3.05) is 4.90 Å². The molecule has 3 fully saturated rings. The molecule has 2 saturated carbocycles. The zero-order chi connectivity index (χ0) is 30.3. The summed E-state index contributed by atoms with van der Waals surface area (Å²) in [4.78, 5) is 56.3. The molecule has 2 amide bonds. The van der Waals surface area contributed by atoms with Crippen molar-refractivity contribution in [3.05, 3.63) is 114 Å². The van der Waals surface area contributed by atoms with E-state index in [0.29, 0.717) is 23.1 Å². The van der Waals surface area contributed by atoms with E-state index in [-0.39, 0.29) is 51.3 Å². The van der Waals surface area contributed by atoms with Gasteiger partial charge in [0.25, 0.3) is 5.69 Å². The van der Waals surface area contributed by atoms with Gasteiger partial charge in [-0.1, -0.05) is 53.3 Å². The Morgan fingerprint density at radius 2 is 1.73 bits per heavy atom. The summed E-state index contributed by atoms with van der Waals surface area (Å²) in [6.07, 6.45) is 0.754. The largest absolute Gasteiger partial charge is 0.489 e. The fourth-order valence-corrected chi connectivity index (χ4v) is 11.1. The number of carbonyl (C=O) groups excluding carboxylic acids is 2. The highest BCUT2D eigenvalue weighted by Gasteiger charge is 2.69. The molecule has 4 aromatic rings. The van der Waals surface area contributed by atoms with E-state index in [1.807, 2.05) is 48.5 Å². The van der Waals surface area contributed by atoms with E-state index >= 15 is 0 Å². The number of carbonyl (C=O) groups is 2. The van der Waals surface area contributed by atoms with Gasteiger partial charge in [-0.15, -0.1) is 11.8 Å². The first kappa shape index (κ1) is 27.6. The molecule has 2 aliphatic heterocycles. The fraction of sp³-hybridized carbons (Fsp3) is 0.281. The molecular formula is C32H24ClN3O6S2. The highest BCUT2D eigenvalue weighted by molar-refractivity contribution is 8.00. The average molecular weight is 646 g/mol. The van der Waals surface area contributed by atoms with E-state index in [0.717, 1.165) is 27.5 Å². The number of benzene rings is 3. The van der Waals surface area contributed by atoms with Crippen LogP contribution in [0.3, 0.4) is 0 Å². The number of ether oxygens (including phenoxy) is 1. The fourth-order valence-electron chi connectivity index (χ4n) is 8.00. The first-order chi connectivity index (χ1) is 21.3. The Balaban J connectivity index is 1.17. The molecule has 2 bridgehead atoms. The van der Waals surface area contributed by atoms with E-state index in [9.17, 15) is 24.5 Å². The topological polar surface area (TPSA) is 123 Å². The second-order valence-corrected chi connectivity index (χ2v) is 14.3. The molecule has 9 nitrogen and oxygen atoms in total. The average Bonchev–Trinajstić information content (AvgIpc) is 3.75. The number of non-ortho nitro benzene ring substituents is 1. The minimum absolute atomic E-state index is 0.00896. The molecule has 1 N–H and O–H groups in total. The summed E-state index contributed by atoms with van der Waals surface area (Å²) < 4.78 is 6.38. The Labute approximate surface area is 264 Å². The second kappa shape index (κ2) is 10.3. The van der Waals surface area contributed by atoms with Crippen LogP contribution in [0.25, 0.3) is 0 Å². The number of halogens is 1. The smallest absolute Gasteiger partial charge is 0.305 e. The van der Waals surface area contributed by atoms with Gasteiger partial charge >= 0.3 is 4.87 Å². The van der Waals surface area contributed by atoms with Gasteiger partial charge in [0.2, 0.25) is 11.8 Å². The van der Waals surface area contributed by atoms with Gasteiger partial charge in [0, 0.05) is 38.8 Å². The van der Waals surface area contributed by atoms with E-state index < -0.39 is 16.8 Å². The highest BCUT2D eigenvalue weighted by atomic mass is 35.5. The lowest BCUT2D eigenvalue weighted by molar-refractivity contribution is -0.384. The summed E-state index contributed by atoms with van der Waals surface area (Å²) in [6, 6.07) is 20.9. The maximum Gasteiger partial charge on any atom is 0.305 e. The van der Waals surface area contributed by atoms with Crippen molar-refractivity contribution in [1.29, 1.82) is 0 Å². The SMILES string of the molecule is O=C1C2C(C(=O)N1c1ccc([N+](=O)[O-])cc1)[C@@H]1C[C@H]2C2Sc3[nH]c(=O)sc3C(c3ccccc3OCc3cccc(Cl)c3)C21. The number of H-pyrrole nitrogens is 1. The van der Waals surface area contributed by atoms with Gasteiger partial charge in [0.05, 0.1) is 27.5 Å². The number of nitro benzene ring substituents is 1. The quantitative estimate of drug-likeness (QED) is 0.149. The summed E-state index contributed by atoms with van der Waals surface area (Å²) in [5.74, 6) is -1.03. The second-order valence-electron chi connectivity index (χ2n) is 11.7. The number of aromatic nitrogens is 1. The van der Waals surface area contributed by atoms with Crippen molar-refractivity contribution in [2.45, 2.75) is 29.2 Å². The Hall–Kier alpha value is -3.93. The first-order valence-corrected chi connectivity index (χ1v) is 16.4. The van der Waals surface area contributed by atoms with Crippen LogP contribution in [0, 0.1) is 39.7 Å². The molecule has 8 rings (SSSR count). The van der Waals surface area contributed by atoms with Crippen LogP contribution in [0.1, 0.15) is 28.3 Å². The highest BCUT2D eigenvalue weighted by Crippen LogP contribution is 2.69. The predicted molar refractivity (Wildman–Crippen MR) is 166 cm³/mol. The number of anilines is 1. The molecule has 1 aromatic heterocycles. The number of hydrogen-bond donors (Lipinski definition) is 1. The van der Waals surface area contributed by atoms with Crippen molar-refractivity contribution in [2.24, 2.45) is 29.6 Å². The van der Waals surface area contributed by atoms with Gasteiger partial charge in [0.15, 0.2) is 0 Å². The van der Waals surface area contributed by atoms with E-state index in [4.69, 9.17) is 16.3 Å². The Bertz CT molecular complexity index is 1910. The van der Waals surface area contributed by atoms with Crippen LogP contribution >= 0.6 is 34.7 Å². The van der Waals surface area contributed by atoms with Gasteiger partial charge in [-0.05, 0) is 60.1 Å². The number of hydrogen-bond acceptors (Lipinski definition) is 8. The number of para-hydroxylation sites is 1. The lowest BCUT2D eigenvalue weighted by atomic mass is 9.68. The minimum Gasteiger partial charge on any atom is -0.489 e. The number of nitrogens with one attached hydrogen (secondary N) is 1. The number of fused-ring (bicyclic) bond motifs is 9. The predicted octanol–water partition coefficient (Wildman–Crippen LogP) is 6.25. The van der Waals surface area contributed by atoms with Crippen molar-refractivity contribution < 1.29 is 19.2 Å². The van der Waals surface area contributed by atoms with Gasteiger partial charge in [-0.2, -0.15) is 0 Å². The van der Waals surface area contributed by atoms with Crippen LogP contribution in [0.15, 0.2) is 82.6 Å². The Morgan fingerprint density at radius 3 is 2.48 bits per heavy atom. The summed E-state index contributed by atoms with van der Waals surface area (Å²) in [7, 11) is 0. The number of imide groups is 1. The van der Waals surface area contributed by atoms with Gasteiger partial charge < -0.3 is 9.72 Å². The minimum atomic E-state index is -0.506. The molecule has 3 aromatic carbocycles. The monoisotopic (exact) mass is 645 g/mol. The molecule has 7 atom stereocenters. The summed E-state index contributed by atoms with van der Waals surface area (Å²) in [5, 5.41) is 12.6. The lowest BCUT2D eigenvalue weighted by Gasteiger charge is -2.43. The normalized spacial score (nSPS) is 28.1. The number of thioether (sulfide) groups is 1. The molecule has 3 heterocycles. The van der Waals surface area contributed by atoms with E-state index in [1.165, 1.54) is 40.5 Å². The van der Waals surface area contributed by atoms with Gasteiger partial charge in [0.1, 0.15) is 12.4 Å². The Morgan fingerprint density at radius 1 is 0.977 bits per heavy atom. The van der Waals surface area contributed by atoms with Crippen LogP contribution in [-0.4, -0.2) is 27.0 Å². The number of thiazole rings is 1. The summed E-state index contributed by atoms with van der Waals surface area (Å²) >= 11 is 9.02. The van der Waals surface area contributed by atoms with Crippen LogP contribution < -0.4 is 14.5 Å². The number of nitro groups is 1. The van der Waals surface area contributed by atoms with Crippen molar-refractivity contribution >= 4 is 57.9 Å². The van der Waals surface area contributed by atoms with Crippen LogP contribution in [0.2, 0.25) is 5.02 Å². The standard InChI is InChI=1S/C32H24ClN3O6S2/c33-16-5-3-4-15(12-16)14-42-22-7-2-1-6-19(22)23-24-20-13-21(27(24)43-29-28(23)44-32(39)34-29)26-25(20)30(37)35(31(26)38)17-8-10-18(11-9-17)36(40)41/h1-12,20-21,23-27H,13-14H2,(H,34,39)/t20-,21-,23?,24?,25?,26?,27?/m1/s1. The van der Waals surface area contributed by atoms with E-state index in [2.05, 4.69) is 4.98 Å². The van der Waals surface area contributed by atoms with Crippen molar-refractivity contribution in [3.63, 3.8) is 0 Å². The molecule has 0 radical (unpaired) electrons. The molecular weight excluding hydrogens is 622 g/mol. The zero-order valence-electron chi connectivity index (χ0n) is 22.9. The summed E-state index contributed by atoms with van der Waals surface area (Å²) in [6.45, 7) is 0.317. The maximum atomic E-state index is 14.0. The lowest BCUT2D eigenvalue weighted by Crippen LogP contribution is -2.42. The van der Waals surface area contributed by atoms with Crippen LogP contribution in [0.4, 0.5) is 11.4 Å². The molecule has 4 aliphatic rings. The molecule has 5 unspecified atom stereocenters. The third-order valence-electron chi connectivity index (χ3n) is 9.58. The number of amides is 2. The zero-order valence-corrected chi connectivity index (χ0v) is 25.3. The molecule has 0 spiro atoms. The van der Waals surface area contributed by atoms with Crippen molar-refractivity contribution in [1.82, 2.24) is 4.98 Å². The number of aromatic amines is 1.